The highest BCUT2D eigenvalue weighted by molar-refractivity contribution is 5.93. The first-order chi connectivity index (χ1) is 9.49. The molecule has 0 radical (unpaired) electrons. The molecule has 0 N–H and O–H groups in total. The summed E-state index contributed by atoms with van der Waals surface area (Å²) in [5, 5.41) is 10.7. The van der Waals surface area contributed by atoms with Gasteiger partial charge in [0.05, 0.1) is 24.7 Å². The first-order valence-electron chi connectivity index (χ1n) is 5.42. The van der Waals surface area contributed by atoms with Gasteiger partial charge >= 0.3 is 11.9 Å². The van der Waals surface area contributed by atoms with Crippen LogP contribution < -0.4 is 0 Å². The van der Waals surface area contributed by atoms with Crippen molar-refractivity contribution in [3.63, 3.8) is 0 Å². The van der Waals surface area contributed by atoms with Crippen LogP contribution in [0.25, 0.3) is 0 Å². The molecule has 0 fully saturated rings. The number of nitrogens with zero attached hydrogens (tertiary/aromatic N) is 1. The number of ether oxygens (including phenoxy) is 2. The molecule has 0 aromatic heterocycles. The van der Waals surface area contributed by atoms with Crippen LogP contribution in [0.3, 0.4) is 0 Å². The monoisotopic (exact) mass is 277 g/mol. The van der Waals surface area contributed by atoms with Gasteiger partial charge in [-0.2, -0.15) is 0 Å². The van der Waals surface area contributed by atoms with Crippen LogP contribution in [0.1, 0.15) is 22.3 Å². The number of rotatable bonds is 3. The van der Waals surface area contributed by atoms with E-state index >= 15 is 0 Å². The molecule has 104 valence electrons. The molecule has 1 rings (SSSR count). The van der Waals surface area contributed by atoms with Crippen molar-refractivity contribution in [2.24, 2.45) is 0 Å². The van der Waals surface area contributed by atoms with Crippen LogP contribution in [0.15, 0.2) is 18.2 Å². The van der Waals surface area contributed by atoms with Crippen LogP contribution in [0.4, 0.5) is 5.69 Å². The Hall–Kier alpha value is -2.88. The molecule has 0 aliphatic carbocycles. The van der Waals surface area contributed by atoms with Gasteiger partial charge in [0.1, 0.15) is 6.42 Å². The number of benzene rings is 1. The highest BCUT2D eigenvalue weighted by atomic mass is 16.6. The molecule has 0 heterocycles. The van der Waals surface area contributed by atoms with Gasteiger partial charge in [-0.05, 0) is 6.07 Å². The molecule has 0 aliphatic heterocycles. The van der Waals surface area contributed by atoms with Crippen molar-refractivity contribution in [1.82, 2.24) is 0 Å². The fourth-order valence-corrected chi connectivity index (χ4v) is 1.32. The number of nitro groups is 1. The minimum Gasteiger partial charge on any atom is -0.468 e. The summed E-state index contributed by atoms with van der Waals surface area (Å²) in [6.45, 7) is 0. The van der Waals surface area contributed by atoms with E-state index in [2.05, 4.69) is 21.3 Å². The van der Waals surface area contributed by atoms with E-state index in [0.29, 0.717) is 0 Å². The first kappa shape index (κ1) is 15.2. The van der Waals surface area contributed by atoms with Crippen LogP contribution in [0.5, 0.6) is 0 Å². The van der Waals surface area contributed by atoms with E-state index < -0.39 is 16.9 Å². The molecule has 1 aromatic rings. The Morgan fingerprint density at radius 2 is 2.00 bits per heavy atom. The normalized spacial score (nSPS) is 9.10. The Morgan fingerprint density at radius 1 is 1.30 bits per heavy atom. The van der Waals surface area contributed by atoms with Crippen LogP contribution in [0.2, 0.25) is 0 Å². The van der Waals surface area contributed by atoms with Gasteiger partial charge in [0.15, 0.2) is 0 Å². The predicted octanol–water partition coefficient (Wildman–Crippen LogP) is 1.30. The van der Waals surface area contributed by atoms with Crippen molar-refractivity contribution in [2.75, 3.05) is 14.2 Å². The van der Waals surface area contributed by atoms with Gasteiger partial charge in [0.2, 0.25) is 0 Å². The lowest BCUT2D eigenvalue weighted by atomic mass is 10.1. The smallest absolute Gasteiger partial charge is 0.339 e. The molecule has 0 saturated heterocycles. The lowest BCUT2D eigenvalue weighted by Crippen LogP contribution is -2.05. The number of carbonyl (C=O) groups excluding carboxylic acids is 2. The highest BCUT2D eigenvalue weighted by Crippen LogP contribution is 2.18. The molecule has 0 spiro atoms. The molecule has 0 amide bonds. The third-order valence-electron chi connectivity index (χ3n) is 2.30. The topological polar surface area (TPSA) is 95.7 Å². The number of nitro benzene ring substituents is 1. The molecular weight excluding hydrogens is 266 g/mol. The Labute approximate surface area is 114 Å². The first-order valence-corrected chi connectivity index (χ1v) is 5.42. The fraction of sp³-hybridized carbons (Fsp3) is 0.231. The van der Waals surface area contributed by atoms with E-state index in [4.69, 9.17) is 0 Å². The summed E-state index contributed by atoms with van der Waals surface area (Å²) in [5.41, 5.74) is -0.0330. The summed E-state index contributed by atoms with van der Waals surface area (Å²) < 4.78 is 8.95. The maximum Gasteiger partial charge on any atom is 0.339 e. The van der Waals surface area contributed by atoms with Crippen molar-refractivity contribution in [2.45, 2.75) is 6.42 Å². The van der Waals surface area contributed by atoms with Crippen molar-refractivity contribution < 1.29 is 24.0 Å². The van der Waals surface area contributed by atoms with E-state index in [1.807, 2.05) is 0 Å². The van der Waals surface area contributed by atoms with E-state index in [0.717, 1.165) is 13.2 Å². The summed E-state index contributed by atoms with van der Waals surface area (Å²) in [7, 11) is 2.39. The van der Waals surface area contributed by atoms with E-state index in [-0.39, 0.29) is 23.2 Å². The van der Waals surface area contributed by atoms with Crippen molar-refractivity contribution in [1.29, 1.82) is 0 Å². The van der Waals surface area contributed by atoms with Crippen molar-refractivity contribution in [3.05, 3.63) is 39.4 Å². The van der Waals surface area contributed by atoms with E-state index in [1.54, 1.807) is 0 Å². The fourth-order valence-electron chi connectivity index (χ4n) is 1.32. The standard InChI is InChI=1S/C13H11NO6/c1-19-12(15)5-3-4-9-6-7-10(14(17)18)8-11(9)13(16)20-2/h6-8H,5H2,1-2H3. The number of carbonyl (C=O) groups is 2. The predicted molar refractivity (Wildman–Crippen MR) is 67.9 cm³/mol. The molecule has 7 heteroatoms. The van der Waals surface area contributed by atoms with Gasteiger partial charge < -0.3 is 9.47 Å². The summed E-state index contributed by atoms with van der Waals surface area (Å²) in [6.07, 6.45) is -0.145. The molecule has 0 unspecified atom stereocenters. The maximum atomic E-state index is 11.6. The maximum absolute atomic E-state index is 11.6. The third kappa shape index (κ3) is 3.81. The third-order valence-corrected chi connectivity index (χ3v) is 2.30. The Bertz CT molecular complexity index is 611. The minimum absolute atomic E-state index is 0.0286. The lowest BCUT2D eigenvalue weighted by molar-refractivity contribution is -0.384. The SMILES string of the molecule is COC(=O)CC#Cc1ccc([N+](=O)[O-])cc1C(=O)OC. The Balaban J connectivity index is 3.15. The second-order valence-electron chi connectivity index (χ2n) is 3.53. The van der Waals surface area contributed by atoms with Gasteiger partial charge in [-0.15, -0.1) is 0 Å². The number of non-ortho nitro benzene ring substituents is 1. The van der Waals surface area contributed by atoms with Gasteiger partial charge in [-0.3, -0.25) is 14.9 Å². The van der Waals surface area contributed by atoms with Gasteiger partial charge in [0, 0.05) is 17.7 Å². The average Bonchev–Trinajstić information content (AvgIpc) is 2.46. The molecule has 0 atom stereocenters. The summed E-state index contributed by atoms with van der Waals surface area (Å²) in [4.78, 5) is 32.5. The zero-order chi connectivity index (χ0) is 15.1. The minimum atomic E-state index is -0.740. The van der Waals surface area contributed by atoms with Gasteiger partial charge in [-0.1, -0.05) is 11.8 Å². The summed E-state index contributed by atoms with van der Waals surface area (Å²) in [6, 6.07) is 3.62. The summed E-state index contributed by atoms with van der Waals surface area (Å²) >= 11 is 0. The zero-order valence-electron chi connectivity index (χ0n) is 10.8. The van der Waals surface area contributed by atoms with Crippen LogP contribution in [0, 0.1) is 22.0 Å². The zero-order valence-corrected chi connectivity index (χ0v) is 10.8. The Kier molecular flexibility index (Phi) is 5.23. The van der Waals surface area contributed by atoms with Crippen molar-refractivity contribution in [3.8, 4) is 11.8 Å². The average molecular weight is 277 g/mol. The number of hydrogen-bond acceptors (Lipinski definition) is 6. The molecule has 0 saturated carbocycles. The van der Waals surface area contributed by atoms with Gasteiger partial charge in [-0.25, -0.2) is 4.79 Å². The van der Waals surface area contributed by atoms with Gasteiger partial charge in [0.25, 0.3) is 5.69 Å². The Morgan fingerprint density at radius 3 is 2.55 bits per heavy atom. The number of methoxy groups -OCH3 is 2. The molecule has 0 bridgehead atoms. The van der Waals surface area contributed by atoms with Crippen molar-refractivity contribution >= 4 is 17.6 Å². The quantitative estimate of drug-likeness (QED) is 0.357. The molecule has 7 nitrogen and oxygen atoms in total. The number of hydrogen-bond donors (Lipinski definition) is 0. The molecule has 0 aliphatic rings. The second kappa shape index (κ2) is 6.89. The van der Waals surface area contributed by atoms with Crippen LogP contribution in [-0.4, -0.2) is 31.1 Å². The van der Waals surface area contributed by atoms with E-state index in [9.17, 15) is 19.7 Å². The molecule has 1 aromatic carbocycles. The van der Waals surface area contributed by atoms with Crippen LogP contribution in [-0.2, 0) is 14.3 Å². The van der Waals surface area contributed by atoms with E-state index in [1.165, 1.54) is 19.2 Å². The second-order valence-corrected chi connectivity index (χ2v) is 3.53. The largest absolute Gasteiger partial charge is 0.468 e. The number of esters is 2. The molecule has 20 heavy (non-hydrogen) atoms. The summed E-state index contributed by atoms with van der Waals surface area (Å²) in [5.74, 6) is 3.85. The van der Waals surface area contributed by atoms with Crippen LogP contribution >= 0.6 is 0 Å². The molecular formula is C13H11NO6. The highest BCUT2D eigenvalue weighted by Gasteiger charge is 2.16. The lowest BCUT2D eigenvalue weighted by Gasteiger charge is -2.02.